The Morgan fingerprint density at radius 3 is 2.62 bits per heavy atom. The third-order valence-corrected chi connectivity index (χ3v) is 5.99. The number of aromatic nitrogens is 2. The van der Waals surface area contributed by atoms with E-state index in [1.165, 1.54) is 49.7 Å². The molecule has 2 N–H and O–H groups in total. The van der Waals surface area contributed by atoms with E-state index in [0.29, 0.717) is 23.0 Å². The Balaban J connectivity index is 1.46. The van der Waals surface area contributed by atoms with E-state index >= 15 is 0 Å². The van der Waals surface area contributed by atoms with Crippen molar-refractivity contribution in [3.05, 3.63) is 41.5 Å². The third kappa shape index (κ3) is 5.15. The molecule has 0 spiro atoms. The van der Waals surface area contributed by atoms with Crippen molar-refractivity contribution in [2.45, 2.75) is 57.5 Å². The molecule has 7 heteroatoms. The van der Waals surface area contributed by atoms with Crippen LogP contribution in [-0.4, -0.2) is 34.8 Å². The maximum atomic E-state index is 5.54. The van der Waals surface area contributed by atoms with E-state index in [0.717, 1.165) is 25.3 Å². The second-order valence-corrected chi connectivity index (χ2v) is 8.23. The third-order valence-electron chi connectivity index (χ3n) is 5.77. The molecule has 1 saturated carbocycles. The Morgan fingerprint density at radius 1 is 1.10 bits per heavy atom. The second kappa shape index (κ2) is 9.39. The van der Waals surface area contributed by atoms with E-state index in [2.05, 4.69) is 44.8 Å². The van der Waals surface area contributed by atoms with Crippen molar-refractivity contribution >= 4 is 29.1 Å². The van der Waals surface area contributed by atoms with Crippen molar-refractivity contribution in [3.63, 3.8) is 0 Å². The predicted octanol–water partition coefficient (Wildman–Crippen LogP) is 4.06. The van der Waals surface area contributed by atoms with Gasteiger partial charge < -0.3 is 20.3 Å². The molecule has 6 nitrogen and oxygen atoms in total. The largest absolute Gasteiger partial charge is 0.481 e. The molecule has 0 saturated heterocycles. The Labute approximate surface area is 178 Å². The summed E-state index contributed by atoms with van der Waals surface area (Å²) in [4.78, 5) is 11.4. The molecule has 1 aromatic heterocycles. The molecule has 2 heterocycles. The van der Waals surface area contributed by atoms with Gasteiger partial charge in [-0.25, -0.2) is 0 Å². The molecule has 0 radical (unpaired) electrons. The zero-order valence-corrected chi connectivity index (χ0v) is 17.8. The fraction of sp³-hybridized carbons (Fsp3) is 0.500. The average molecular weight is 412 g/mol. The molecule has 0 atom stereocenters. The van der Waals surface area contributed by atoms with E-state index in [1.807, 2.05) is 6.07 Å². The zero-order chi connectivity index (χ0) is 20.1. The summed E-state index contributed by atoms with van der Waals surface area (Å²) in [6.45, 7) is 1.75. The summed E-state index contributed by atoms with van der Waals surface area (Å²) in [5.74, 6) is 1.86. The smallest absolute Gasteiger partial charge is 0.234 e. The van der Waals surface area contributed by atoms with E-state index in [9.17, 15) is 0 Å². The standard InChI is InChI=1S/C22H29N5OS/c1-28-20-14-19(27-13-12-16-8-6-7-9-17(16)15-27)24-21(25-20)26-22(29)23-18-10-4-2-3-5-11-18/h6-9,14,18H,2-5,10-13,15H2,1H3,(H2,23,24,25,26,29). The van der Waals surface area contributed by atoms with Crippen molar-refractivity contribution in [2.24, 2.45) is 0 Å². The van der Waals surface area contributed by atoms with Crippen LogP contribution in [0.5, 0.6) is 5.88 Å². The summed E-state index contributed by atoms with van der Waals surface area (Å²) in [6, 6.07) is 10.9. The fourth-order valence-electron chi connectivity index (χ4n) is 4.17. The average Bonchev–Trinajstić information content (AvgIpc) is 3.01. The lowest BCUT2D eigenvalue weighted by Crippen LogP contribution is -2.38. The van der Waals surface area contributed by atoms with Crippen molar-refractivity contribution in [3.8, 4) is 5.88 Å². The molecule has 1 aliphatic heterocycles. The predicted molar refractivity (Wildman–Crippen MR) is 121 cm³/mol. The van der Waals surface area contributed by atoms with Gasteiger partial charge >= 0.3 is 0 Å². The molecule has 0 unspecified atom stereocenters. The minimum atomic E-state index is 0.432. The second-order valence-electron chi connectivity index (χ2n) is 7.82. The Hall–Kier alpha value is -2.41. The Kier molecular flexibility index (Phi) is 6.44. The maximum Gasteiger partial charge on any atom is 0.234 e. The lowest BCUT2D eigenvalue weighted by Gasteiger charge is -2.30. The van der Waals surface area contributed by atoms with Gasteiger partial charge in [0.1, 0.15) is 5.82 Å². The monoisotopic (exact) mass is 411 g/mol. The van der Waals surface area contributed by atoms with Crippen molar-refractivity contribution in [1.29, 1.82) is 0 Å². The van der Waals surface area contributed by atoms with Crippen LogP contribution in [0.15, 0.2) is 30.3 Å². The summed E-state index contributed by atoms with van der Waals surface area (Å²) in [6.07, 6.45) is 8.50. The van der Waals surface area contributed by atoms with Gasteiger partial charge in [0.25, 0.3) is 0 Å². The van der Waals surface area contributed by atoms with Gasteiger partial charge in [-0.3, -0.25) is 0 Å². The van der Waals surface area contributed by atoms with Crippen LogP contribution in [0.25, 0.3) is 0 Å². The molecular formula is C22H29N5OS. The lowest BCUT2D eigenvalue weighted by molar-refractivity contribution is 0.397. The first-order valence-corrected chi connectivity index (χ1v) is 10.9. The molecule has 2 aliphatic rings. The number of thiocarbonyl (C=S) groups is 1. The Morgan fingerprint density at radius 2 is 1.86 bits per heavy atom. The zero-order valence-electron chi connectivity index (χ0n) is 17.0. The highest BCUT2D eigenvalue weighted by Gasteiger charge is 2.19. The number of ether oxygens (including phenoxy) is 1. The summed E-state index contributed by atoms with van der Waals surface area (Å²) in [5, 5.41) is 7.20. The van der Waals surface area contributed by atoms with Crippen molar-refractivity contribution in [1.82, 2.24) is 15.3 Å². The Bertz CT molecular complexity index is 851. The number of fused-ring (bicyclic) bond motifs is 1. The van der Waals surface area contributed by atoms with Gasteiger partial charge in [0.15, 0.2) is 5.11 Å². The molecule has 2 aromatic rings. The van der Waals surface area contributed by atoms with Crippen LogP contribution in [0.2, 0.25) is 0 Å². The number of rotatable bonds is 4. The summed E-state index contributed by atoms with van der Waals surface area (Å²) in [7, 11) is 1.63. The van der Waals surface area contributed by atoms with Crippen LogP contribution in [0, 0.1) is 0 Å². The van der Waals surface area contributed by atoms with Crippen LogP contribution in [-0.2, 0) is 13.0 Å². The molecule has 1 fully saturated rings. The van der Waals surface area contributed by atoms with Gasteiger partial charge in [-0.1, -0.05) is 49.9 Å². The van der Waals surface area contributed by atoms with Gasteiger partial charge in [-0.2, -0.15) is 9.97 Å². The van der Waals surface area contributed by atoms with E-state index in [-0.39, 0.29) is 0 Å². The van der Waals surface area contributed by atoms with Crippen molar-refractivity contribution < 1.29 is 4.74 Å². The molecule has 0 amide bonds. The number of hydrogen-bond acceptors (Lipinski definition) is 5. The molecular weight excluding hydrogens is 382 g/mol. The molecule has 0 bridgehead atoms. The quantitative estimate of drug-likeness (QED) is 0.581. The first-order valence-electron chi connectivity index (χ1n) is 10.5. The van der Waals surface area contributed by atoms with Crippen LogP contribution >= 0.6 is 12.2 Å². The topological polar surface area (TPSA) is 62.3 Å². The van der Waals surface area contributed by atoms with Crippen LogP contribution < -0.4 is 20.3 Å². The van der Waals surface area contributed by atoms with Crippen LogP contribution in [0.3, 0.4) is 0 Å². The normalized spacial score (nSPS) is 17.2. The highest BCUT2D eigenvalue weighted by molar-refractivity contribution is 7.80. The van der Waals surface area contributed by atoms with Gasteiger partial charge in [0, 0.05) is 25.2 Å². The first-order chi connectivity index (χ1) is 14.2. The van der Waals surface area contributed by atoms with Gasteiger partial charge in [-0.05, 0) is 42.6 Å². The highest BCUT2D eigenvalue weighted by Crippen LogP contribution is 2.26. The molecule has 29 heavy (non-hydrogen) atoms. The van der Waals surface area contributed by atoms with E-state index in [1.54, 1.807) is 7.11 Å². The molecule has 154 valence electrons. The number of hydrogen-bond donors (Lipinski definition) is 2. The number of nitrogens with one attached hydrogen (secondary N) is 2. The van der Waals surface area contributed by atoms with E-state index < -0.39 is 0 Å². The summed E-state index contributed by atoms with van der Waals surface area (Å²) in [5.41, 5.74) is 2.76. The minimum absolute atomic E-state index is 0.432. The van der Waals surface area contributed by atoms with Crippen LogP contribution in [0.1, 0.15) is 49.7 Å². The fourth-order valence-corrected chi connectivity index (χ4v) is 4.43. The van der Waals surface area contributed by atoms with Crippen molar-refractivity contribution in [2.75, 3.05) is 23.9 Å². The minimum Gasteiger partial charge on any atom is -0.481 e. The SMILES string of the molecule is COc1cc(N2CCc3ccccc3C2)nc(NC(=S)NC2CCCCCC2)n1. The van der Waals surface area contributed by atoms with Gasteiger partial charge in [0.2, 0.25) is 11.8 Å². The molecule has 1 aliphatic carbocycles. The number of benzene rings is 1. The maximum absolute atomic E-state index is 5.54. The van der Waals surface area contributed by atoms with Gasteiger partial charge in [-0.15, -0.1) is 0 Å². The molecule has 1 aromatic carbocycles. The number of methoxy groups -OCH3 is 1. The summed E-state index contributed by atoms with van der Waals surface area (Å²) >= 11 is 5.54. The number of nitrogens with zero attached hydrogens (tertiary/aromatic N) is 3. The highest BCUT2D eigenvalue weighted by atomic mass is 32.1. The number of anilines is 2. The summed E-state index contributed by atoms with van der Waals surface area (Å²) < 4.78 is 5.42. The van der Waals surface area contributed by atoms with Crippen LogP contribution in [0.4, 0.5) is 11.8 Å². The first kappa shape index (κ1) is 19.9. The van der Waals surface area contributed by atoms with Gasteiger partial charge in [0.05, 0.1) is 7.11 Å². The molecule has 4 rings (SSSR count). The lowest BCUT2D eigenvalue weighted by atomic mass is 10.00. The van der Waals surface area contributed by atoms with E-state index in [4.69, 9.17) is 21.9 Å².